The van der Waals surface area contributed by atoms with Crippen LogP contribution in [-0.4, -0.2) is 16.1 Å². The van der Waals surface area contributed by atoms with E-state index >= 15 is 0 Å². The van der Waals surface area contributed by atoms with Gasteiger partial charge < -0.3 is 10.4 Å². The molecular formula is C14H14N2O2. The van der Waals surface area contributed by atoms with Gasteiger partial charge in [0.15, 0.2) is 0 Å². The van der Waals surface area contributed by atoms with Crippen LogP contribution < -0.4 is 5.32 Å². The highest BCUT2D eigenvalue weighted by atomic mass is 16.4. The zero-order chi connectivity index (χ0) is 13.1. The number of nitrogens with zero attached hydrogens (tertiary/aromatic N) is 1. The molecule has 0 unspecified atom stereocenters. The summed E-state index contributed by atoms with van der Waals surface area (Å²) in [5.41, 5.74) is 3.55. The van der Waals surface area contributed by atoms with Crippen molar-refractivity contribution in [3.63, 3.8) is 0 Å². The summed E-state index contributed by atoms with van der Waals surface area (Å²) in [4.78, 5) is 14.7. The van der Waals surface area contributed by atoms with Crippen molar-refractivity contribution in [3.8, 4) is 0 Å². The van der Waals surface area contributed by atoms with Gasteiger partial charge in [0.2, 0.25) is 0 Å². The van der Waals surface area contributed by atoms with Crippen molar-refractivity contribution < 1.29 is 9.90 Å². The van der Waals surface area contributed by atoms with Crippen LogP contribution in [0.25, 0.3) is 0 Å². The summed E-state index contributed by atoms with van der Waals surface area (Å²) >= 11 is 0. The smallest absolute Gasteiger partial charge is 0.337 e. The minimum absolute atomic E-state index is 0.181. The predicted octanol–water partition coefficient (Wildman–Crippen LogP) is 3.14. The van der Waals surface area contributed by atoms with E-state index < -0.39 is 5.97 Å². The minimum Gasteiger partial charge on any atom is -0.478 e. The Morgan fingerprint density at radius 1 is 1.17 bits per heavy atom. The molecule has 18 heavy (non-hydrogen) atoms. The van der Waals surface area contributed by atoms with Crippen LogP contribution in [0, 0.1) is 13.8 Å². The number of nitrogens with one attached hydrogen (secondary N) is 1. The molecule has 0 radical (unpaired) electrons. The molecule has 0 aliphatic carbocycles. The first-order valence-corrected chi connectivity index (χ1v) is 5.60. The quantitative estimate of drug-likeness (QED) is 0.868. The fourth-order valence-corrected chi connectivity index (χ4v) is 1.56. The first-order valence-electron chi connectivity index (χ1n) is 5.60. The van der Waals surface area contributed by atoms with Gasteiger partial charge in [0.1, 0.15) is 5.82 Å². The Morgan fingerprint density at radius 3 is 2.50 bits per heavy atom. The molecule has 4 nitrogen and oxygen atoms in total. The summed E-state index contributed by atoms with van der Waals surface area (Å²) in [6, 6.07) is 9.21. The SMILES string of the molecule is Cc1ccc(Nc2ccc(C(=O)O)cn2)cc1C. The Morgan fingerprint density at radius 2 is 1.94 bits per heavy atom. The van der Waals surface area contributed by atoms with Crippen LogP contribution in [0.1, 0.15) is 21.5 Å². The molecule has 0 saturated carbocycles. The molecule has 0 amide bonds. The third kappa shape index (κ3) is 2.66. The summed E-state index contributed by atoms with van der Waals surface area (Å²) in [7, 11) is 0. The van der Waals surface area contributed by atoms with Gasteiger partial charge >= 0.3 is 5.97 Å². The lowest BCUT2D eigenvalue weighted by Crippen LogP contribution is -1.99. The first kappa shape index (κ1) is 12.1. The van der Waals surface area contributed by atoms with Crippen molar-refractivity contribution in [2.75, 3.05) is 5.32 Å². The number of hydrogen-bond acceptors (Lipinski definition) is 3. The number of rotatable bonds is 3. The Balaban J connectivity index is 2.18. The van der Waals surface area contributed by atoms with E-state index in [0.29, 0.717) is 5.82 Å². The van der Waals surface area contributed by atoms with Gasteiger partial charge in [0, 0.05) is 11.9 Å². The van der Waals surface area contributed by atoms with Crippen molar-refractivity contribution in [3.05, 3.63) is 53.2 Å². The first-order chi connectivity index (χ1) is 8.56. The number of carboxylic acid groups (broad SMARTS) is 1. The van der Waals surface area contributed by atoms with E-state index in [-0.39, 0.29) is 5.56 Å². The van der Waals surface area contributed by atoms with Crippen molar-refractivity contribution in [1.29, 1.82) is 0 Å². The van der Waals surface area contributed by atoms with Gasteiger partial charge in [-0.2, -0.15) is 0 Å². The molecule has 0 atom stereocenters. The zero-order valence-electron chi connectivity index (χ0n) is 10.3. The van der Waals surface area contributed by atoms with Crippen LogP contribution in [-0.2, 0) is 0 Å². The molecule has 0 spiro atoms. The molecule has 0 bridgehead atoms. The molecule has 1 heterocycles. The van der Waals surface area contributed by atoms with Crippen LogP contribution in [0.3, 0.4) is 0 Å². The molecule has 2 aromatic rings. The Bertz CT molecular complexity index is 577. The fraction of sp³-hybridized carbons (Fsp3) is 0.143. The third-order valence-corrected chi connectivity index (χ3v) is 2.79. The number of aryl methyl sites for hydroxylation is 2. The number of carbonyl (C=O) groups is 1. The van der Waals surface area contributed by atoms with Gasteiger partial charge in [-0.3, -0.25) is 0 Å². The van der Waals surface area contributed by atoms with Crippen molar-refractivity contribution >= 4 is 17.5 Å². The number of pyridine rings is 1. The summed E-state index contributed by atoms with van der Waals surface area (Å²) in [5.74, 6) is -0.344. The van der Waals surface area contributed by atoms with Gasteiger partial charge in [-0.05, 0) is 49.2 Å². The van der Waals surface area contributed by atoms with Gasteiger partial charge in [0.25, 0.3) is 0 Å². The van der Waals surface area contributed by atoms with Crippen LogP contribution in [0.4, 0.5) is 11.5 Å². The van der Waals surface area contributed by atoms with E-state index in [2.05, 4.69) is 17.2 Å². The minimum atomic E-state index is -0.972. The van der Waals surface area contributed by atoms with Gasteiger partial charge in [-0.25, -0.2) is 9.78 Å². The molecule has 92 valence electrons. The van der Waals surface area contributed by atoms with E-state index in [1.165, 1.54) is 23.4 Å². The van der Waals surface area contributed by atoms with E-state index in [9.17, 15) is 4.79 Å². The standard InChI is InChI=1S/C14H14N2O2/c1-9-3-5-12(7-10(9)2)16-13-6-4-11(8-15-13)14(17)18/h3-8H,1-2H3,(H,15,16)(H,17,18). The van der Waals surface area contributed by atoms with Gasteiger partial charge in [0.05, 0.1) is 5.56 Å². The number of carboxylic acids is 1. The second kappa shape index (κ2) is 4.87. The number of anilines is 2. The van der Waals surface area contributed by atoms with Gasteiger partial charge in [-0.15, -0.1) is 0 Å². The number of aromatic carboxylic acids is 1. The predicted molar refractivity (Wildman–Crippen MR) is 70.4 cm³/mol. The average molecular weight is 242 g/mol. The highest BCUT2D eigenvalue weighted by Crippen LogP contribution is 2.18. The lowest BCUT2D eigenvalue weighted by Gasteiger charge is -2.08. The number of hydrogen-bond donors (Lipinski definition) is 2. The molecule has 2 N–H and O–H groups in total. The Kier molecular flexibility index (Phi) is 3.28. The molecule has 1 aromatic carbocycles. The summed E-state index contributed by atoms with van der Waals surface area (Å²) in [6.07, 6.45) is 1.34. The van der Waals surface area contributed by atoms with Crippen LogP contribution in [0.2, 0.25) is 0 Å². The number of benzene rings is 1. The number of aromatic nitrogens is 1. The summed E-state index contributed by atoms with van der Waals surface area (Å²) in [6.45, 7) is 4.10. The lowest BCUT2D eigenvalue weighted by molar-refractivity contribution is 0.0696. The van der Waals surface area contributed by atoms with E-state index in [0.717, 1.165) is 5.69 Å². The molecule has 0 aliphatic heterocycles. The zero-order valence-corrected chi connectivity index (χ0v) is 10.3. The maximum absolute atomic E-state index is 10.7. The second-order valence-electron chi connectivity index (χ2n) is 4.16. The summed E-state index contributed by atoms with van der Waals surface area (Å²) in [5, 5.41) is 11.9. The van der Waals surface area contributed by atoms with E-state index in [4.69, 9.17) is 5.11 Å². The fourth-order valence-electron chi connectivity index (χ4n) is 1.56. The maximum atomic E-state index is 10.7. The lowest BCUT2D eigenvalue weighted by atomic mass is 10.1. The third-order valence-electron chi connectivity index (χ3n) is 2.79. The highest BCUT2D eigenvalue weighted by molar-refractivity contribution is 5.87. The second-order valence-corrected chi connectivity index (χ2v) is 4.16. The molecule has 4 heteroatoms. The topological polar surface area (TPSA) is 62.2 Å². The van der Waals surface area contributed by atoms with E-state index in [1.807, 2.05) is 25.1 Å². The van der Waals surface area contributed by atoms with Crippen LogP contribution >= 0.6 is 0 Å². The van der Waals surface area contributed by atoms with Gasteiger partial charge in [-0.1, -0.05) is 6.07 Å². The molecule has 0 aliphatic rings. The molecule has 2 rings (SSSR count). The maximum Gasteiger partial charge on any atom is 0.337 e. The average Bonchev–Trinajstić information content (AvgIpc) is 2.34. The van der Waals surface area contributed by atoms with Crippen LogP contribution in [0.15, 0.2) is 36.5 Å². The van der Waals surface area contributed by atoms with Crippen LogP contribution in [0.5, 0.6) is 0 Å². The summed E-state index contributed by atoms with van der Waals surface area (Å²) < 4.78 is 0. The molecule has 0 fully saturated rings. The molecular weight excluding hydrogens is 228 g/mol. The van der Waals surface area contributed by atoms with Crippen molar-refractivity contribution in [2.45, 2.75) is 13.8 Å². The van der Waals surface area contributed by atoms with E-state index in [1.54, 1.807) is 6.07 Å². The largest absolute Gasteiger partial charge is 0.478 e. The highest BCUT2D eigenvalue weighted by Gasteiger charge is 2.03. The monoisotopic (exact) mass is 242 g/mol. The van der Waals surface area contributed by atoms with Crippen molar-refractivity contribution in [2.24, 2.45) is 0 Å². The normalized spacial score (nSPS) is 10.1. The Labute approximate surface area is 105 Å². The molecule has 1 aromatic heterocycles. The van der Waals surface area contributed by atoms with Crippen molar-refractivity contribution in [1.82, 2.24) is 4.98 Å². The Hall–Kier alpha value is -2.36. The molecule has 0 saturated heterocycles.